The van der Waals surface area contributed by atoms with Gasteiger partial charge in [-0.05, 0) is 56.7 Å². The van der Waals surface area contributed by atoms with Gasteiger partial charge in [0.05, 0.1) is 37.1 Å². The number of hydrogen-bond acceptors (Lipinski definition) is 8. The van der Waals surface area contributed by atoms with E-state index in [-0.39, 0.29) is 55.1 Å². The summed E-state index contributed by atoms with van der Waals surface area (Å²) in [6, 6.07) is 9.21. The van der Waals surface area contributed by atoms with E-state index in [9.17, 15) is 29.1 Å². The Bertz CT molecular complexity index is 1610. The van der Waals surface area contributed by atoms with Gasteiger partial charge in [-0.3, -0.25) is 19.3 Å². The highest BCUT2D eigenvalue weighted by atomic mass is 35.5. The third-order valence-corrected chi connectivity index (χ3v) is 8.94. The molecule has 0 spiro atoms. The van der Waals surface area contributed by atoms with Crippen molar-refractivity contribution in [2.24, 2.45) is 0 Å². The molecule has 1 aliphatic heterocycles. The maximum Gasteiger partial charge on any atom is 0.411 e. The number of imide groups is 1. The maximum absolute atomic E-state index is 13.8. The lowest BCUT2D eigenvalue weighted by molar-refractivity contribution is -0.142. The van der Waals surface area contributed by atoms with Crippen LogP contribution in [0.1, 0.15) is 47.1 Å². The summed E-state index contributed by atoms with van der Waals surface area (Å²) in [6.45, 7) is 5.10. The monoisotopic (exact) mass is 740 g/mol. The van der Waals surface area contributed by atoms with Crippen molar-refractivity contribution < 1.29 is 33.8 Å². The Morgan fingerprint density at radius 3 is 1.94 bits per heavy atom. The standard InChI is InChI=1S/C31H28Cl4N4O7S/c1-31(2,3)46-30(45)38-15-47-14-22(38)26(40)37-21(29(43)44)12-16-10-11-23(36-13-16)39(27(41)24-17(32)6-4-7-18(24)33)28(42)25-19(34)8-5-9-20(25)35/h4-11,13,21-22H,12,14-15H2,1-3H3,(H,37,40)(H,43,44)/t21-,22+/m0/s1. The van der Waals surface area contributed by atoms with Crippen LogP contribution in [0.15, 0.2) is 54.7 Å². The van der Waals surface area contributed by atoms with Crippen LogP contribution in [0, 0.1) is 0 Å². The van der Waals surface area contributed by atoms with Crippen LogP contribution in [0.4, 0.5) is 10.6 Å². The molecule has 11 nitrogen and oxygen atoms in total. The molecular weight excluding hydrogens is 714 g/mol. The number of rotatable bonds is 8. The molecule has 1 saturated heterocycles. The SMILES string of the molecule is CC(C)(C)OC(=O)N1CSC[C@@H]1C(=O)N[C@@H](Cc1ccc(N(C(=O)c2c(Cl)cccc2Cl)C(=O)c2c(Cl)cccc2Cl)nc1)C(=O)O. The summed E-state index contributed by atoms with van der Waals surface area (Å²) >= 11 is 26.5. The van der Waals surface area contributed by atoms with Crippen molar-refractivity contribution in [2.45, 2.75) is 44.9 Å². The van der Waals surface area contributed by atoms with E-state index >= 15 is 0 Å². The first-order valence-corrected chi connectivity index (χ1v) is 16.6. The molecule has 248 valence electrons. The lowest BCUT2D eigenvalue weighted by atomic mass is 10.1. The Morgan fingerprint density at radius 1 is 0.957 bits per heavy atom. The Labute approximate surface area is 294 Å². The maximum atomic E-state index is 13.8. The number of carbonyl (C=O) groups excluding carboxylic acids is 4. The van der Waals surface area contributed by atoms with Crippen LogP contribution < -0.4 is 10.2 Å². The van der Waals surface area contributed by atoms with Gasteiger partial charge in [-0.15, -0.1) is 11.8 Å². The first kappa shape index (κ1) is 36.3. The molecule has 0 bridgehead atoms. The number of nitrogens with zero attached hydrogens (tertiary/aromatic N) is 3. The van der Waals surface area contributed by atoms with Gasteiger partial charge in [-0.2, -0.15) is 0 Å². The molecule has 3 aromatic rings. The second kappa shape index (κ2) is 15.1. The third kappa shape index (κ3) is 8.68. The largest absolute Gasteiger partial charge is 0.480 e. The van der Waals surface area contributed by atoms with Crippen molar-refractivity contribution >= 4 is 93.8 Å². The van der Waals surface area contributed by atoms with Crippen molar-refractivity contribution in [1.82, 2.24) is 15.2 Å². The minimum Gasteiger partial charge on any atom is -0.480 e. The zero-order chi connectivity index (χ0) is 34.6. The zero-order valence-corrected chi connectivity index (χ0v) is 29.0. The zero-order valence-electron chi connectivity index (χ0n) is 25.1. The number of carboxylic acids is 1. The Hall–Kier alpha value is -3.55. The molecule has 2 aromatic carbocycles. The van der Waals surface area contributed by atoms with E-state index < -0.39 is 47.5 Å². The number of pyridine rings is 1. The van der Waals surface area contributed by atoms with Gasteiger partial charge < -0.3 is 15.2 Å². The van der Waals surface area contributed by atoms with Crippen LogP contribution in [0.5, 0.6) is 0 Å². The Morgan fingerprint density at radius 2 is 1.49 bits per heavy atom. The number of aromatic nitrogens is 1. The van der Waals surface area contributed by atoms with Crippen molar-refractivity contribution in [1.29, 1.82) is 0 Å². The van der Waals surface area contributed by atoms with E-state index in [1.807, 2.05) is 0 Å². The van der Waals surface area contributed by atoms with Crippen molar-refractivity contribution in [3.05, 3.63) is 91.5 Å². The number of nitrogens with one attached hydrogen (secondary N) is 1. The smallest absolute Gasteiger partial charge is 0.411 e. The van der Waals surface area contributed by atoms with Gasteiger partial charge in [-0.1, -0.05) is 64.6 Å². The van der Waals surface area contributed by atoms with Crippen LogP contribution in [0.3, 0.4) is 0 Å². The van der Waals surface area contributed by atoms with Crippen LogP contribution in [-0.2, 0) is 20.7 Å². The minimum atomic E-state index is -1.40. The number of thioether (sulfide) groups is 1. The number of carbonyl (C=O) groups is 5. The Kier molecular flexibility index (Phi) is 11.7. The van der Waals surface area contributed by atoms with Crippen molar-refractivity contribution in [3.8, 4) is 0 Å². The fourth-order valence-corrected chi connectivity index (χ4v) is 6.72. The first-order valence-electron chi connectivity index (χ1n) is 13.9. The summed E-state index contributed by atoms with van der Waals surface area (Å²) in [4.78, 5) is 71.8. The van der Waals surface area contributed by atoms with Gasteiger partial charge >= 0.3 is 12.1 Å². The molecule has 2 atom stereocenters. The third-order valence-electron chi connectivity index (χ3n) is 6.67. The van der Waals surface area contributed by atoms with Gasteiger partial charge in [0, 0.05) is 18.4 Å². The molecular formula is C31H28Cl4N4O7S. The van der Waals surface area contributed by atoms with E-state index in [0.717, 1.165) is 0 Å². The molecule has 1 aromatic heterocycles. The second-order valence-corrected chi connectivity index (χ2v) is 13.9. The van der Waals surface area contributed by atoms with Gasteiger partial charge in [-0.25, -0.2) is 19.5 Å². The lowest BCUT2D eigenvalue weighted by Crippen LogP contribution is -2.53. The highest BCUT2D eigenvalue weighted by molar-refractivity contribution is 7.99. The Balaban J connectivity index is 1.60. The number of halogens is 4. The summed E-state index contributed by atoms with van der Waals surface area (Å²) in [6.07, 6.45) is 0.361. The van der Waals surface area contributed by atoms with Crippen molar-refractivity contribution in [3.63, 3.8) is 0 Å². The van der Waals surface area contributed by atoms with Crippen LogP contribution >= 0.6 is 58.2 Å². The predicted molar refractivity (Wildman–Crippen MR) is 181 cm³/mol. The molecule has 2 heterocycles. The van der Waals surface area contributed by atoms with Gasteiger partial charge in [0.1, 0.15) is 23.5 Å². The number of aliphatic carboxylic acids is 1. The van der Waals surface area contributed by atoms with E-state index in [1.54, 1.807) is 20.8 Å². The molecule has 47 heavy (non-hydrogen) atoms. The van der Waals surface area contributed by atoms with Crippen LogP contribution in [-0.4, -0.2) is 74.1 Å². The number of ether oxygens (including phenoxy) is 1. The fourth-order valence-electron chi connectivity index (χ4n) is 4.46. The van der Waals surface area contributed by atoms with E-state index in [1.165, 1.54) is 71.4 Å². The average molecular weight is 742 g/mol. The molecule has 0 aliphatic carbocycles. The van der Waals surface area contributed by atoms with Gasteiger partial charge in [0.2, 0.25) is 5.91 Å². The highest BCUT2D eigenvalue weighted by Gasteiger charge is 2.39. The first-order chi connectivity index (χ1) is 22.1. The summed E-state index contributed by atoms with van der Waals surface area (Å²) in [7, 11) is 0. The molecule has 4 amide bonds. The molecule has 16 heteroatoms. The molecule has 0 radical (unpaired) electrons. The second-order valence-electron chi connectivity index (χ2n) is 11.2. The quantitative estimate of drug-likeness (QED) is 0.244. The van der Waals surface area contributed by atoms with Gasteiger partial charge in [0.25, 0.3) is 11.8 Å². The number of amides is 4. The lowest BCUT2D eigenvalue weighted by Gasteiger charge is -2.28. The number of anilines is 1. The van der Waals surface area contributed by atoms with E-state index in [2.05, 4.69) is 10.3 Å². The number of hydrogen-bond donors (Lipinski definition) is 2. The molecule has 0 unspecified atom stereocenters. The summed E-state index contributed by atoms with van der Waals surface area (Å²) < 4.78 is 5.38. The molecule has 0 saturated carbocycles. The summed E-state index contributed by atoms with van der Waals surface area (Å²) in [5.41, 5.74) is -0.773. The predicted octanol–water partition coefficient (Wildman–Crippen LogP) is 6.60. The van der Waals surface area contributed by atoms with E-state index in [4.69, 9.17) is 51.1 Å². The van der Waals surface area contributed by atoms with E-state index in [0.29, 0.717) is 10.5 Å². The molecule has 4 rings (SSSR count). The molecule has 2 N–H and O–H groups in total. The number of benzene rings is 2. The fraction of sp³-hybridized carbons (Fsp3) is 0.290. The molecule has 1 aliphatic rings. The minimum absolute atomic E-state index is 0.0203. The summed E-state index contributed by atoms with van der Waals surface area (Å²) in [5.74, 6) is -3.51. The highest BCUT2D eigenvalue weighted by Crippen LogP contribution is 2.32. The average Bonchev–Trinajstić information content (AvgIpc) is 3.47. The summed E-state index contributed by atoms with van der Waals surface area (Å²) in [5, 5.41) is 12.3. The van der Waals surface area contributed by atoms with Crippen LogP contribution in [0.2, 0.25) is 20.1 Å². The van der Waals surface area contributed by atoms with Crippen molar-refractivity contribution in [2.75, 3.05) is 16.5 Å². The number of carboxylic acid groups (broad SMARTS) is 1. The topological polar surface area (TPSA) is 146 Å². The normalized spacial score (nSPS) is 15.1. The van der Waals surface area contributed by atoms with Crippen LogP contribution in [0.25, 0.3) is 0 Å². The molecule has 1 fully saturated rings. The van der Waals surface area contributed by atoms with Gasteiger partial charge in [0.15, 0.2) is 0 Å².